The van der Waals surface area contributed by atoms with E-state index >= 15 is 0 Å². The van der Waals surface area contributed by atoms with Crippen molar-refractivity contribution in [2.24, 2.45) is 0 Å². The summed E-state index contributed by atoms with van der Waals surface area (Å²) < 4.78 is 0. The molecule has 2 rings (SSSR count). The average Bonchev–Trinajstić information content (AvgIpc) is 2.17. The van der Waals surface area contributed by atoms with Crippen LogP contribution in [0.5, 0.6) is 0 Å². The van der Waals surface area contributed by atoms with E-state index in [2.05, 4.69) is 52.0 Å². The molecular weight excluding hydrogens is 180 g/mol. The van der Waals surface area contributed by atoms with E-state index in [1.54, 1.807) is 5.56 Å². The molecule has 0 aliphatic heterocycles. The number of hydrogen-bond acceptors (Lipinski definition) is 0. The molecule has 0 spiro atoms. The lowest BCUT2D eigenvalue weighted by atomic mass is 9.78. The van der Waals surface area contributed by atoms with Crippen LogP contribution < -0.4 is 0 Å². The zero-order valence-electron chi connectivity index (χ0n) is 10.2. The molecule has 0 N–H and O–H groups in total. The highest BCUT2D eigenvalue weighted by atomic mass is 14.3. The highest BCUT2D eigenvalue weighted by molar-refractivity contribution is 5.62. The second-order valence-corrected chi connectivity index (χ2v) is 5.51. The number of benzene rings is 1. The molecule has 0 atom stereocenters. The van der Waals surface area contributed by atoms with Crippen molar-refractivity contribution in [3.05, 3.63) is 40.5 Å². The average molecular weight is 200 g/mol. The Morgan fingerprint density at radius 3 is 2.53 bits per heavy atom. The predicted molar refractivity (Wildman–Crippen MR) is 67.2 cm³/mol. The molecule has 0 radical (unpaired) electrons. The molecule has 0 aromatic heterocycles. The van der Waals surface area contributed by atoms with Crippen LogP contribution >= 0.6 is 0 Å². The molecule has 80 valence electrons. The van der Waals surface area contributed by atoms with Crippen LogP contribution in [0.15, 0.2) is 18.2 Å². The number of allylic oxidation sites excluding steroid dienone is 1. The van der Waals surface area contributed by atoms with E-state index in [-0.39, 0.29) is 5.41 Å². The van der Waals surface area contributed by atoms with Crippen LogP contribution in [0.2, 0.25) is 0 Å². The minimum absolute atomic E-state index is 0.267. The van der Waals surface area contributed by atoms with Gasteiger partial charge in [-0.1, -0.05) is 45.1 Å². The van der Waals surface area contributed by atoms with Gasteiger partial charge in [0.05, 0.1) is 0 Å². The van der Waals surface area contributed by atoms with Crippen LogP contribution in [0.3, 0.4) is 0 Å². The number of aryl methyl sites for hydroxylation is 1. The fourth-order valence-electron chi connectivity index (χ4n) is 2.41. The van der Waals surface area contributed by atoms with Crippen molar-refractivity contribution in [3.8, 4) is 0 Å². The maximum Gasteiger partial charge on any atom is -0.0129 e. The standard InChI is InChI=1S/C15H20/c1-11-9-10-14(15(2,3)4)13-8-6-5-7-12(11)13/h5,7,9-10H,6,8H2,1-4H3. The van der Waals surface area contributed by atoms with Gasteiger partial charge in [-0.25, -0.2) is 0 Å². The monoisotopic (exact) mass is 200 g/mol. The van der Waals surface area contributed by atoms with Crippen molar-refractivity contribution in [3.63, 3.8) is 0 Å². The van der Waals surface area contributed by atoms with Gasteiger partial charge in [-0.2, -0.15) is 0 Å². The van der Waals surface area contributed by atoms with Gasteiger partial charge in [0, 0.05) is 0 Å². The third-order valence-corrected chi connectivity index (χ3v) is 3.23. The van der Waals surface area contributed by atoms with Gasteiger partial charge in [0.1, 0.15) is 0 Å². The van der Waals surface area contributed by atoms with Crippen LogP contribution in [0.1, 0.15) is 49.4 Å². The summed E-state index contributed by atoms with van der Waals surface area (Å²) in [6, 6.07) is 4.57. The highest BCUT2D eigenvalue weighted by Crippen LogP contribution is 2.33. The summed E-state index contributed by atoms with van der Waals surface area (Å²) in [7, 11) is 0. The van der Waals surface area contributed by atoms with E-state index in [9.17, 15) is 0 Å². The van der Waals surface area contributed by atoms with Crippen molar-refractivity contribution in [1.82, 2.24) is 0 Å². The van der Waals surface area contributed by atoms with Crippen LogP contribution in [0.4, 0.5) is 0 Å². The van der Waals surface area contributed by atoms with E-state index in [4.69, 9.17) is 0 Å². The normalized spacial score (nSPS) is 15.2. The molecule has 0 saturated carbocycles. The van der Waals surface area contributed by atoms with Crippen LogP contribution in [0, 0.1) is 6.92 Å². The molecule has 0 nitrogen and oxygen atoms in total. The zero-order chi connectivity index (χ0) is 11.1. The zero-order valence-corrected chi connectivity index (χ0v) is 10.2. The van der Waals surface area contributed by atoms with Gasteiger partial charge >= 0.3 is 0 Å². The summed E-state index contributed by atoms with van der Waals surface area (Å²) >= 11 is 0. The van der Waals surface area contributed by atoms with E-state index in [1.165, 1.54) is 29.5 Å². The van der Waals surface area contributed by atoms with Gasteiger partial charge in [-0.3, -0.25) is 0 Å². The molecule has 0 amide bonds. The first-order chi connectivity index (χ1) is 7.00. The largest absolute Gasteiger partial charge is 0.0836 e. The molecule has 0 saturated heterocycles. The molecule has 1 aromatic carbocycles. The molecule has 0 heteroatoms. The second-order valence-electron chi connectivity index (χ2n) is 5.51. The third-order valence-electron chi connectivity index (χ3n) is 3.23. The maximum absolute atomic E-state index is 2.31. The molecule has 0 bridgehead atoms. The molecule has 1 aliphatic rings. The van der Waals surface area contributed by atoms with Gasteiger partial charge in [-0.05, 0) is 47.4 Å². The van der Waals surface area contributed by atoms with Crippen molar-refractivity contribution < 1.29 is 0 Å². The Labute approximate surface area is 93.0 Å². The second kappa shape index (κ2) is 3.52. The summed E-state index contributed by atoms with van der Waals surface area (Å²) in [4.78, 5) is 0. The SMILES string of the molecule is Cc1ccc(C(C)(C)C)c2c1C=CCC2. The molecule has 1 aromatic rings. The van der Waals surface area contributed by atoms with Crippen LogP contribution in [0.25, 0.3) is 6.08 Å². The molecule has 0 fully saturated rings. The maximum atomic E-state index is 2.31. The smallest absolute Gasteiger partial charge is 0.0129 e. The van der Waals surface area contributed by atoms with Gasteiger partial charge in [0.2, 0.25) is 0 Å². The van der Waals surface area contributed by atoms with Crippen molar-refractivity contribution in [2.75, 3.05) is 0 Å². The summed E-state index contributed by atoms with van der Waals surface area (Å²) in [5, 5.41) is 0. The molecular formula is C15H20. The third kappa shape index (κ3) is 1.86. The van der Waals surface area contributed by atoms with Gasteiger partial charge in [0.15, 0.2) is 0 Å². The number of hydrogen-bond donors (Lipinski definition) is 0. The minimum atomic E-state index is 0.267. The van der Waals surface area contributed by atoms with Crippen molar-refractivity contribution in [1.29, 1.82) is 0 Å². The van der Waals surface area contributed by atoms with E-state index in [0.29, 0.717) is 0 Å². The highest BCUT2D eigenvalue weighted by Gasteiger charge is 2.20. The van der Waals surface area contributed by atoms with Gasteiger partial charge in [-0.15, -0.1) is 0 Å². The number of rotatable bonds is 0. The van der Waals surface area contributed by atoms with Crippen LogP contribution in [-0.4, -0.2) is 0 Å². The Balaban J connectivity index is 2.65. The molecule has 15 heavy (non-hydrogen) atoms. The van der Waals surface area contributed by atoms with Gasteiger partial charge < -0.3 is 0 Å². The molecule has 1 aliphatic carbocycles. The number of fused-ring (bicyclic) bond motifs is 1. The summed E-state index contributed by atoms with van der Waals surface area (Å²) in [5.74, 6) is 0. The topological polar surface area (TPSA) is 0 Å². The first-order valence-electron chi connectivity index (χ1n) is 5.79. The Kier molecular flexibility index (Phi) is 2.46. The summed E-state index contributed by atoms with van der Waals surface area (Å²) in [6.07, 6.45) is 6.99. The fourth-order valence-corrected chi connectivity index (χ4v) is 2.41. The Hall–Kier alpha value is -1.04. The van der Waals surface area contributed by atoms with E-state index in [0.717, 1.165) is 0 Å². The fraction of sp³-hybridized carbons (Fsp3) is 0.467. The van der Waals surface area contributed by atoms with Crippen molar-refractivity contribution in [2.45, 2.75) is 46.0 Å². The van der Waals surface area contributed by atoms with Gasteiger partial charge in [0.25, 0.3) is 0 Å². The Morgan fingerprint density at radius 1 is 1.13 bits per heavy atom. The Morgan fingerprint density at radius 2 is 1.87 bits per heavy atom. The molecule has 0 unspecified atom stereocenters. The summed E-state index contributed by atoms with van der Waals surface area (Å²) in [6.45, 7) is 9.11. The molecule has 0 heterocycles. The minimum Gasteiger partial charge on any atom is -0.0836 e. The lowest BCUT2D eigenvalue weighted by molar-refractivity contribution is 0.581. The summed E-state index contributed by atoms with van der Waals surface area (Å²) in [5.41, 5.74) is 6.24. The lowest BCUT2D eigenvalue weighted by Crippen LogP contribution is -2.16. The quantitative estimate of drug-likeness (QED) is 0.587. The predicted octanol–water partition coefficient (Wildman–Crippen LogP) is 4.25. The van der Waals surface area contributed by atoms with Crippen LogP contribution in [-0.2, 0) is 11.8 Å². The lowest BCUT2D eigenvalue weighted by Gasteiger charge is -2.26. The first-order valence-corrected chi connectivity index (χ1v) is 5.79. The van der Waals surface area contributed by atoms with E-state index < -0.39 is 0 Å². The van der Waals surface area contributed by atoms with Crippen molar-refractivity contribution >= 4 is 6.08 Å². The van der Waals surface area contributed by atoms with E-state index in [1.807, 2.05) is 0 Å². The Bertz CT molecular complexity index is 403. The first kappa shape index (κ1) is 10.5.